The first kappa shape index (κ1) is 12.8. The van der Waals surface area contributed by atoms with E-state index in [1.54, 1.807) is 6.92 Å². The molecule has 1 aliphatic rings. The highest BCUT2D eigenvalue weighted by molar-refractivity contribution is 6.04. The Kier molecular flexibility index (Phi) is 3.76. The quantitative estimate of drug-likeness (QED) is 0.693. The molecule has 6 nitrogen and oxygen atoms in total. The van der Waals surface area contributed by atoms with E-state index in [4.69, 9.17) is 11.1 Å². The molecule has 2 heterocycles. The molecule has 6 heteroatoms. The van der Waals surface area contributed by atoms with Gasteiger partial charge < -0.3 is 21.4 Å². The van der Waals surface area contributed by atoms with Gasteiger partial charge in [-0.05, 0) is 39.9 Å². The Labute approximate surface area is 107 Å². The van der Waals surface area contributed by atoms with Gasteiger partial charge in [0.05, 0.1) is 5.56 Å². The Morgan fingerprint density at radius 1 is 1.44 bits per heavy atom. The van der Waals surface area contributed by atoms with Crippen LogP contribution in [0.1, 0.15) is 25.3 Å². The SMILES string of the molecule is CC(=N)c1c(N)ncnc1NC1CCN(C)CC1. The van der Waals surface area contributed by atoms with Crippen molar-refractivity contribution in [3.8, 4) is 0 Å². The van der Waals surface area contributed by atoms with Crippen LogP contribution < -0.4 is 11.1 Å². The van der Waals surface area contributed by atoms with Crippen LogP contribution in [0.5, 0.6) is 0 Å². The lowest BCUT2D eigenvalue weighted by Crippen LogP contribution is -2.37. The van der Waals surface area contributed by atoms with Crippen molar-refractivity contribution >= 4 is 17.3 Å². The van der Waals surface area contributed by atoms with Crippen molar-refractivity contribution in [1.29, 1.82) is 5.41 Å². The molecule has 98 valence electrons. The number of likely N-dealkylation sites (tertiary alicyclic amines) is 1. The Hall–Kier alpha value is -1.69. The summed E-state index contributed by atoms with van der Waals surface area (Å²) in [4.78, 5) is 10.5. The molecule has 0 aromatic carbocycles. The van der Waals surface area contributed by atoms with Gasteiger partial charge in [-0.25, -0.2) is 9.97 Å². The average molecular weight is 248 g/mol. The van der Waals surface area contributed by atoms with E-state index in [1.807, 2.05) is 0 Å². The van der Waals surface area contributed by atoms with Crippen molar-refractivity contribution in [3.05, 3.63) is 11.9 Å². The standard InChI is InChI=1S/C12H20N6/c1-8(13)10-11(14)15-7-16-12(10)17-9-3-5-18(2)6-4-9/h7,9,13H,3-6H2,1-2H3,(H3,14,15,16,17). The Morgan fingerprint density at radius 2 is 2.11 bits per heavy atom. The third-order valence-corrected chi connectivity index (χ3v) is 3.31. The number of hydrogen-bond donors (Lipinski definition) is 3. The van der Waals surface area contributed by atoms with E-state index in [-0.39, 0.29) is 0 Å². The number of anilines is 2. The summed E-state index contributed by atoms with van der Waals surface area (Å²) in [5, 5.41) is 11.2. The summed E-state index contributed by atoms with van der Waals surface area (Å²) < 4.78 is 0. The number of hydrogen-bond acceptors (Lipinski definition) is 6. The van der Waals surface area contributed by atoms with Crippen LogP contribution in [0.15, 0.2) is 6.33 Å². The minimum atomic E-state index is 0.368. The van der Waals surface area contributed by atoms with Gasteiger partial charge in [-0.3, -0.25) is 0 Å². The molecule has 1 aromatic heterocycles. The third kappa shape index (κ3) is 2.76. The second-order valence-electron chi connectivity index (χ2n) is 4.83. The number of nitrogens with zero attached hydrogens (tertiary/aromatic N) is 3. The fourth-order valence-electron chi connectivity index (χ4n) is 2.22. The number of nitrogens with one attached hydrogen (secondary N) is 2. The van der Waals surface area contributed by atoms with E-state index in [1.165, 1.54) is 6.33 Å². The molecule has 0 bridgehead atoms. The first-order valence-electron chi connectivity index (χ1n) is 6.19. The zero-order valence-corrected chi connectivity index (χ0v) is 10.9. The molecule has 1 fully saturated rings. The molecule has 0 atom stereocenters. The molecule has 1 saturated heterocycles. The minimum Gasteiger partial charge on any atom is -0.383 e. The first-order valence-corrected chi connectivity index (χ1v) is 6.19. The summed E-state index contributed by atoms with van der Waals surface area (Å²) in [5.74, 6) is 1.05. The van der Waals surface area contributed by atoms with Gasteiger partial charge in [0.25, 0.3) is 0 Å². The highest BCUT2D eigenvalue weighted by Gasteiger charge is 2.19. The molecule has 0 saturated carbocycles. The van der Waals surface area contributed by atoms with Crippen LogP contribution in [-0.4, -0.2) is 46.8 Å². The fraction of sp³-hybridized carbons (Fsp3) is 0.583. The summed E-state index contributed by atoms with van der Waals surface area (Å²) in [6, 6.07) is 0.397. The van der Waals surface area contributed by atoms with Gasteiger partial charge in [0.2, 0.25) is 0 Å². The van der Waals surface area contributed by atoms with Gasteiger partial charge in [0.1, 0.15) is 18.0 Å². The Balaban J connectivity index is 2.14. The van der Waals surface area contributed by atoms with Crippen LogP contribution in [0.3, 0.4) is 0 Å². The molecule has 0 unspecified atom stereocenters. The maximum atomic E-state index is 7.76. The lowest BCUT2D eigenvalue weighted by Gasteiger charge is -2.30. The van der Waals surface area contributed by atoms with Gasteiger partial charge >= 0.3 is 0 Å². The maximum absolute atomic E-state index is 7.76. The van der Waals surface area contributed by atoms with Gasteiger partial charge in [0, 0.05) is 11.8 Å². The molecule has 1 aromatic rings. The second-order valence-corrected chi connectivity index (χ2v) is 4.83. The molecule has 0 radical (unpaired) electrons. The number of aromatic nitrogens is 2. The highest BCUT2D eigenvalue weighted by atomic mass is 15.1. The van der Waals surface area contributed by atoms with E-state index in [0.29, 0.717) is 29.0 Å². The molecular formula is C12H20N6. The number of piperidine rings is 1. The molecule has 4 N–H and O–H groups in total. The Morgan fingerprint density at radius 3 is 2.72 bits per heavy atom. The number of nitrogen functional groups attached to an aromatic ring is 1. The summed E-state index contributed by atoms with van der Waals surface area (Å²) in [6.07, 6.45) is 3.60. The van der Waals surface area contributed by atoms with Crippen LogP contribution >= 0.6 is 0 Å². The van der Waals surface area contributed by atoms with Crippen LogP contribution in [-0.2, 0) is 0 Å². The summed E-state index contributed by atoms with van der Waals surface area (Å²) in [6.45, 7) is 3.86. The van der Waals surface area contributed by atoms with Crippen molar-refractivity contribution in [2.45, 2.75) is 25.8 Å². The van der Waals surface area contributed by atoms with Crippen molar-refractivity contribution in [2.24, 2.45) is 0 Å². The lowest BCUT2D eigenvalue weighted by molar-refractivity contribution is 0.263. The normalized spacial score (nSPS) is 17.7. The predicted octanol–water partition coefficient (Wildman–Crippen LogP) is 0.953. The van der Waals surface area contributed by atoms with E-state index < -0.39 is 0 Å². The van der Waals surface area contributed by atoms with Crippen molar-refractivity contribution < 1.29 is 0 Å². The lowest BCUT2D eigenvalue weighted by atomic mass is 10.0. The highest BCUT2D eigenvalue weighted by Crippen LogP contribution is 2.21. The molecule has 18 heavy (non-hydrogen) atoms. The second kappa shape index (κ2) is 5.30. The number of rotatable bonds is 3. The largest absolute Gasteiger partial charge is 0.383 e. The molecule has 1 aliphatic heterocycles. The zero-order valence-electron chi connectivity index (χ0n) is 10.9. The van der Waals surface area contributed by atoms with Crippen LogP contribution in [0.4, 0.5) is 11.6 Å². The minimum absolute atomic E-state index is 0.368. The van der Waals surface area contributed by atoms with Gasteiger partial charge in [0.15, 0.2) is 0 Å². The third-order valence-electron chi connectivity index (χ3n) is 3.31. The van der Waals surface area contributed by atoms with Gasteiger partial charge in [-0.1, -0.05) is 0 Å². The van der Waals surface area contributed by atoms with E-state index in [9.17, 15) is 0 Å². The van der Waals surface area contributed by atoms with Crippen molar-refractivity contribution in [1.82, 2.24) is 14.9 Å². The molecule has 0 spiro atoms. The van der Waals surface area contributed by atoms with Crippen molar-refractivity contribution in [3.63, 3.8) is 0 Å². The summed E-state index contributed by atoms with van der Waals surface area (Å²) >= 11 is 0. The van der Waals surface area contributed by atoms with Crippen LogP contribution in [0.25, 0.3) is 0 Å². The smallest absolute Gasteiger partial charge is 0.140 e. The fourth-order valence-corrected chi connectivity index (χ4v) is 2.22. The van der Waals surface area contributed by atoms with Gasteiger partial charge in [-0.15, -0.1) is 0 Å². The van der Waals surface area contributed by atoms with E-state index in [0.717, 1.165) is 25.9 Å². The average Bonchev–Trinajstić information content (AvgIpc) is 2.32. The monoisotopic (exact) mass is 248 g/mol. The molecule has 0 amide bonds. The van der Waals surface area contributed by atoms with Crippen LogP contribution in [0, 0.1) is 5.41 Å². The van der Waals surface area contributed by atoms with E-state index >= 15 is 0 Å². The molecule has 0 aliphatic carbocycles. The topological polar surface area (TPSA) is 90.9 Å². The van der Waals surface area contributed by atoms with E-state index in [2.05, 4.69) is 27.2 Å². The number of nitrogens with two attached hydrogens (primary N) is 1. The zero-order chi connectivity index (χ0) is 13.1. The molecule has 2 rings (SSSR count). The Bertz CT molecular complexity index is 436. The summed E-state index contributed by atoms with van der Waals surface area (Å²) in [5.41, 5.74) is 6.82. The van der Waals surface area contributed by atoms with Crippen molar-refractivity contribution in [2.75, 3.05) is 31.2 Å². The predicted molar refractivity (Wildman–Crippen MR) is 73.1 cm³/mol. The summed E-state index contributed by atoms with van der Waals surface area (Å²) in [7, 11) is 2.13. The maximum Gasteiger partial charge on any atom is 0.140 e. The first-order chi connectivity index (χ1) is 8.58. The van der Waals surface area contributed by atoms with Crippen LogP contribution in [0.2, 0.25) is 0 Å². The van der Waals surface area contributed by atoms with Gasteiger partial charge in [-0.2, -0.15) is 0 Å². The molecular weight excluding hydrogens is 228 g/mol.